The van der Waals surface area contributed by atoms with Gasteiger partial charge in [0.25, 0.3) is 0 Å². The highest BCUT2D eigenvalue weighted by Crippen LogP contribution is 2.52. The third-order valence-electron chi connectivity index (χ3n) is 13.8. The molecule has 0 saturated heterocycles. The zero-order chi connectivity index (χ0) is 41.6. The van der Waals surface area contributed by atoms with Gasteiger partial charge in [0.15, 0.2) is 7.28 Å². The van der Waals surface area contributed by atoms with Crippen molar-refractivity contribution in [3.63, 3.8) is 0 Å². The monoisotopic (exact) mass is 831 g/mol. The number of thiazole rings is 1. The molecule has 0 amide bonds. The summed E-state index contributed by atoms with van der Waals surface area (Å²) in [5.74, 6) is 0. The number of nitrogens with one attached hydrogen (secondary N) is 1. The second-order valence-corrected chi connectivity index (χ2v) is 21.0. The fourth-order valence-electron chi connectivity index (χ4n) is 10.6. The number of anilines is 2. The number of benzene rings is 8. The molecular weight excluding hydrogens is 790 g/mol. The van der Waals surface area contributed by atoms with Crippen molar-refractivity contribution in [2.45, 2.75) is 45.4 Å². The predicted octanol–water partition coefficient (Wildman–Crippen LogP) is 14.1. The number of nitrogens with zero attached hydrogens (tertiary/aromatic N) is 2. The molecule has 2 aliphatic rings. The minimum Gasteiger partial charge on any atom is -0.355 e. The van der Waals surface area contributed by atoms with Gasteiger partial charge in [0.05, 0.1) is 15.7 Å². The molecule has 0 atom stereocenters. The lowest BCUT2D eigenvalue weighted by atomic mass is 9.59. The number of aromatic nitrogens is 2. The third-order valence-corrected chi connectivity index (χ3v) is 16.0. The van der Waals surface area contributed by atoms with Gasteiger partial charge >= 0.3 is 0 Å². The van der Waals surface area contributed by atoms with E-state index in [9.17, 15) is 0 Å². The van der Waals surface area contributed by atoms with E-state index in [0.717, 1.165) is 34.7 Å². The van der Waals surface area contributed by atoms with Crippen LogP contribution in [-0.2, 0) is 10.8 Å². The summed E-state index contributed by atoms with van der Waals surface area (Å²) in [4.78, 5) is 5.25. The van der Waals surface area contributed by atoms with Crippen LogP contribution in [0.4, 0.5) is 11.4 Å². The maximum Gasteiger partial charge on any atom is 0.198 e. The van der Waals surface area contributed by atoms with Crippen molar-refractivity contribution in [3.8, 4) is 38.5 Å². The van der Waals surface area contributed by atoms with E-state index in [4.69, 9.17) is 4.98 Å². The van der Waals surface area contributed by atoms with Gasteiger partial charge in [-0.05, 0) is 98.9 Å². The average Bonchev–Trinajstić information content (AvgIpc) is 4.01. The average molecular weight is 832 g/mol. The zero-order valence-electron chi connectivity index (χ0n) is 35.4. The third kappa shape index (κ3) is 5.20. The van der Waals surface area contributed by atoms with Gasteiger partial charge < -0.3 is 9.88 Å². The molecule has 1 N–H and O–H groups in total. The number of hydrogen-bond acceptors (Lipinski definition) is 4. The van der Waals surface area contributed by atoms with Crippen LogP contribution in [0.2, 0.25) is 0 Å². The summed E-state index contributed by atoms with van der Waals surface area (Å²) in [5, 5.41) is 10.3. The van der Waals surface area contributed by atoms with Crippen LogP contribution in [0, 0.1) is 0 Å². The number of rotatable bonds is 4. The lowest BCUT2D eigenvalue weighted by Gasteiger charge is -2.26. The Hall–Kier alpha value is -6.47. The van der Waals surface area contributed by atoms with Crippen LogP contribution in [0.1, 0.15) is 51.3 Å². The Kier molecular flexibility index (Phi) is 7.47. The van der Waals surface area contributed by atoms with E-state index in [1.54, 1.807) is 11.3 Å². The van der Waals surface area contributed by atoms with Crippen molar-refractivity contribution in [3.05, 3.63) is 168 Å². The van der Waals surface area contributed by atoms with E-state index >= 15 is 0 Å². The second-order valence-electron chi connectivity index (χ2n) is 18.9. The normalized spacial score (nSPS) is 13.8. The summed E-state index contributed by atoms with van der Waals surface area (Å²) >= 11 is 3.68. The molecule has 8 aromatic carbocycles. The maximum atomic E-state index is 5.25. The fraction of sp³-hybridized carbons (Fsp3) is 0.125. The molecule has 0 bridgehead atoms. The fourth-order valence-corrected chi connectivity index (χ4v) is 12.7. The van der Waals surface area contributed by atoms with Gasteiger partial charge in [-0.3, -0.25) is 0 Å². The van der Waals surface area contributed by atoms with Crippen LogP contribution < -0.4 is 16.2 Å². The molecule has 0 spiro atoms. The van der Waals surface area contributed by atoms with Gasteiger partial charge in [-0.15, -0.1) is 22.7 Å². The van der Waals surface area contributed by atoms with Crippen LogP contribution in [-0.4, -0.2) is 16.8 Å². The molecular formula is C56H42BN3S2. The summed E-state index contributed by atoms with van der Waals surface area (Å²) in [5.41, 5.74) is 20.1. The maximum absolute atomic E-state index is 5.25. The van der Waals surface area contributed by atoms with E-state index in [2.05, 4.69) is 196 Å². The van der Waals surface area contributed by atoms with Gasteiger partial charge in [-0.25, -0.2) is 4.98 Å². The van der Waals surface area contributed by atoms with Gasteiger partial charge in [0, 0.05) is 70.1 Å². The highest BCUT2D eigenvalue weighted by atomic mass is 32.1. The largest absolute Gasteiger partial charge is 0.355 e. The van der Waals surface area contributed by atoms with Gasteiger partial charge in [0.1, 0.15) is 5.01 Å². The minimum atomic E-state index is -0.130. The molecule has 1 aliphatic heterocycles. The topological polar surface area (TPSA) is 29.9 Å². The van der Waals surface area contributed by atoms with Crippen LogP contribution in [0.5, 0.6) is 0 Å². The molecule has 296 valence electrons. The Morgan fingerprint density at radius 1 is 0.597 bits per heavy atom. The molecule has 13 rings (SSSR count). The van der Waals surface area contributed by atoms with Crippen molar-refractivity contribution < 1.29 is 0 Å². The second kappa shape index (κ2) is 12.8. The summed E-state index contributed by atoms with van der Waals surface area (Å²) in [6.07, 6.45) is 0. The molecule has 0 fully saturated rings. The van der Waals surface area contributed by atoms with Crippen LogP contribution in [0.15, 0.2) is 152 Å². The molecule has 3 nitrogen and oxygen atoms in total. The SMILES string of the molecule is CC(C)(C)c1ccc(Nc2cc3c(cc2-c2ccc4c5cc6sc7ccccc7c6cc5n5c4c2Bc2cc4nc(-c6ccccc6)sc4cc2-5)-c2ccccc2C3(C)C)cc1. The van der Waals surface area contributed by atoms with Crippen LogP contribution >= 0.6 is 22.7 Å². The Morgan fingerprint density at radius 2 is 1.39 bits per heavy atom. The molecule has 0 unspecified atom stereocenters. The molecule has 1 aliphatic carbocycles. The number of fused-ring (bicyclic) bond motifs is 12. The van der Waals surface area contributed by atoms with Crippen LogP contribution in [0.25, 0.3) is 90.7 Å². The first-order valence-corrected chi connectivity index (χ1v) is 23.3. The molecule has 4 heterocycles. The van der Waals surface area contributed by atoms with E-state index in [-0.39, 0.29) is 10.8 Å². The van der Waals surface area contributed by atoms with E-state index in [1.165, 1.54) is 102 Å². The summed E-state index contributed by atoms with van der Waals surface area (Å²) < 4.78 is 6.47. The predicted molar refractivity (Wildman–Crippen MR) is 270 cm³/mol. The smallest absolute Gasteiger partial charge is 0.198 e. The van der Waals surface area contributed by atoms with Gasteiger partial charge in [-0.1, -0.05) is 137 Å². The van der Waals surface area contributed by atoms with Crippen LogP contribution in [0.3, 0.4) is 0 Å². The summed E-state index contributed by atoms with van der Waals surface area (Å²) in [6, 6.07) is 57.0. The molecule has 62 heavy (non-hydrogen) atoms. The molecule has 0 radical (unpaired) electrons. The van der Waals surface area contributed by atoms with E-state index in [1.807, 2.05) is 11.3 Å². The van der Waals surface area contributed by atoms with Gasteiger partial charge in [0.2, 0.25) is 0 Å². The van der Waals surface area contributed by atoms with Crippen molar-refractivity contribution in [2.24, 2.45) is 0 Å². The molecule has 0 saturated carbocycles. The molecule has 3 aromatic heterocycles. The number of thiophene rings is 1. The van der Waals surface area contributed by atoms with E-state index in [0.29, 0.717) is 0 Å². The van der Waals surface area contributed by atoms with Crippen molar-refractivity contribution in [2.75, 3.05) is 5.32 Å². The zero-order valence-corrected chi connectivity index (χ0v) is 37.0. The summed E-state index contributed by atoms with van der Waals surface area (Å²) in [6.45, 7) is 11.6. The highest BCUT2D eigenvalue weighted by molar-refractivity contribution is 7.26. The van der Waals surface area contributed by atoms with Crippen molar-refractivity contribution in [1.29, 1.82) is 0 Å². The van der Waals surface area contributed by atoms with Crippen molar-refractivity contribution >= 4 is 104 Å². The Morgan fingerprint density at radius 3 is 2.23 bits per heavy atom. The van der Waals surface area contributed by atoms with Gasteiger partial charge in [-0.2, -0.15) is 0 Å². The molecule has 6 heteroatoms. The number of hydrogen-bond donors (Lipinski definition) is 1. The first-order valence-electron chi connectivity index (χ1n) is 21.7. The Labute approximate surface area is 369 Å². The summed E-state index contributed by atoms with van der Waals surface area (Å²) in [7, 11) is 0.808. The first-order chi connectivity index (χ1) is 30.1. The first kappa shape index (κ1) is 36.2. The lowest BCUT2D eigenvalue weighted by Crippen LogP contribution is -2.37. The van der Waals surface area contributed by atoms with E-state index < -0.39 is 0 Å². The minimum absolute atomic E-state index is 0.0787. The van der Waals surface area contributed by atoms with Crippen molar-refractivity contribution in [1.82, 2.24) is 9.55 Å². The quantitative estimate of drug-likeness (QED) is 0.179. The Bertz CT molecular complexity index is 3690. The lowest BCUT2D eigenvalue weighted by molar-refractivity contribution is 0.590. The highest BCUT2D eigenvalue weighted by Gasteiger charge is 2.37. The standard InChI is InChI=1S/C56H42BN3S2/c1-55(2,3)32-19-21-33(22-20-32)58-45-28-43-38(34-15-9-11-17-42(34)56(43,4)5)25-39(45)36-23-24-37-40-27-50-41(35-16-10-12-18-49(35)61-50)26-47(40)60-48-30-51-46(29-44(48)57-52(36)53(37)60)59-54(62-51)31-13-7-6-8-14-31/h6-30,57-58H,1-5H3. The Balaban J connectivity index is 1.09. The molecule has 11 aromatic rings.